The second-order valence-corrected chi connectivity index (χ2v) is 3.38. The molecule has 1 atom stereocenters. The van der Waals surface area contributed by atoms with Crippen molar-refractivity contribution in [1.82, 2.24) is 10.3 Å². The number of nitrogens with one attached hydrogen (secondary N) is 1. The number of carbonyl (C=O) groups is 1. The van der Waals surface area contributed by atoms with Gasteiger partial charge in [0.15, 0.2) is 0 Å². The van der Waals surface area contributed by atoms with E-state index < -0.39 is 18.5 Å². The number of carboxylic acid groups (broad SMARTS) is 1. The molecule has 0 fully saturated rings. The molecule has 0 aliphatic heterocycles. The Hall–Kier alpha value is -1.60. The number of halogens is 2. The fraction of sp³-hybridized carbons (Fsp3) is 0.400. The Morgan fingerprint density at radius 2 is 2.18 bits per heavy atom. The van der Waals surface area contributed by atoms with Gasteiger partial charge in [-0.1, -0.05) is 0 Å². The number of alkyl halides is 2. The predicted octanol–water partition coefficient (Wildman–Crippen LogP) is 0.495. The average molecular weight is 246 g/mol. The van der Waals surface area contributed by atoms with Crippen molar-refractivity contribution in [3.8, 4) is 0 Å². The molecule has 0 amide bonds. The van der Waals surface area contributed by atoms with Crippen molar-refractivity contribution in [1.29, 1.82) is 0 Å². The highest BCUT2D eigenvalue weighted by Gasteiger charge is 2.15. The van der Waals surface area contributed by atoms with Crippen LogP contribution >= 0.6 is 0 Å². The molecule has 1 unspecified atom stereocenters. The second kappa shape index (κ2) is 6.21. The SMILES string of the molecule is O=C(O)c1ccc(CNCC(O)C(F)F)nc1. The summed E-state index contributed by atoms with van der Waals surface area (Å²) in [7, 11) is 0. The number of carboxylic acids is 1. The zero-order valence-corrected chi connectivity index (χ0v) is 8.81. The number of aliphatic hydroxyl groups is 1. The van der Waals surface area contributed by atoms with Gasteiger partial charge in [0.2, 0.25) is 0 Å². The molecule has 5 nitrogen and oxygen atoms in total. The number of nitrogens with zero attached hydrogens (tertiary/aromatic N) is 1. The molecule has 94 valence electrons. The van der Waals surface area contributed by atoms with E-state index in [2.05, 4.69) is 10.3 Å². The molecular weight excluding hydrogens is 234 g/mol. The van der Waals surface area contributed by atoms with E-state index in [1.165, 1.54) is 18.3 Å². The van der Waals surface area contributed by atoms with Crippen molar-refractivity contribution >= 4 is 5.97 Å². The molecule has 1 heterocycles. The summed E-state index contributed by atoms with van der Waals surface area (Å²) in [6.07, 6.45) is -3.32. The van der Waals surface area contributed by atoms with E-state index in [1.807, 2.05) is 0 Å². The van der Waals surface area contributed by atoms with Crippen LogP contribution in [0.1, 0.15) is 16.1 Å². The average Bonchev–Trinajstić information content (AvgIpc) is 2.29. The molecule has 0 spiro atoms. The molecule has 3 N–H and O–H groups in total. The maximum Gasteiger partial charge on any atom is 0.337 e. The Morgan fingerprint density at radius 3 is 2.65 bits per heavy atom. The first-order chi connectivity index (χ1) is 8.00. The summed E-state index contributed by atoms with van der Waals surface area (Å²) in [5.41, 5.74) is 0.567. The van der Waals surface area contributed by atoms with Gasteiger partial charge < -0.3 is 15.5 Å². The molecule has 0 saturated carbocycles. The highest BCUT2D eigenvalue weighted by molar-refractivity contribution is 5.87. The minimum atomic E-state index is -2.79. The standard InChI is InChI=1S/C10H12F2N2O3/c11-9(12)8(15)5-13-4-7-2-1-6(3-14-7)10(16)17/h1-3,8-9,13,15H,4-5H2,(H,16,17). The number of rotatable bonds is 6. The first kappa shape index (κ1) is 13.5. The van der Waals surface area contributed by atoms with Gasteiger partial charge in [0.25, 0.3) is 6.43 Å². The second-order valence-electron chi connectivity index (χ2n) is 3.38. The van der Waals surface area contributed by atoms with Crippen LogP contribution in [0.15, 0.2) is 18.3 Å². The van der Waals surface area contributed by atoms with Crippen molar-refractivity contribution in [3.63, 3.8) is 0 Å². The Morgan fingerprint density at radius 1 is 1.47 bits per heavy atom. The van der Waals surface area contributed by atoms with E-state index in [1.54, 1.807) is 0 Å². The molecule has 17 heavy (non-hydrogen) atoms. The summed E-state index contributed by atoms with van der Waals surface area (Å²) >= 11 is 0. The lowest BCUT2D eigenvalue weighted by Gasteiger charge is -2.10. The van der Waals surface area contributed by atoms with Crippen LogP contribution in [0.25, 0.3) is 0 Å². The highest BCUT2D eigenvalue weighted by atomic mass is 19.3. The number of hydrogen-bond acceptors (Lipinski definition) is 4. The highest BCUT2D eigenvalue weighted by Crippen LogP contribution is 2.01. The number of aromatic carboxylic acids is 1. The zero-order valence-electron chi connectivity index (χ0n) is 8.81. The minimum Gasteiger partial charge on any atom is -0.478 e. The molecule has 7 heteroatoms. The monoisotopic (exact) mass is 246 g/mol. The van der Waals surface area contributed by atoms with Gasteiger partial charge in [0, 0.05) is 19.3 Å². The number of pyridine rings is 1. The van der Waals surface area contributed by atoms with Crippen LogP contribution in [0.3, 0.4) is 0 Å². The molecule has 1 aromatic rings. The Balaban J connectivity index is 2.40. The van der Waals surface area contributed by atoms with Crippen LogP contribution in [-0.4, -0.2) is 40.2 Å². The molecule has 0 aliphatic rings. The van der Waals surface area contributed by atoms with Gasteiger partial charge >= 0.3 is 5.97 Å². The summed E-state index contributed by atoms with van der Waals surface area (Å²) in [6.45, 7) is -0.0658. The van der Waals surface area contributed by atoms with Gasteiger partial charge in [0.05, 0.1) is 11.3 Å². The molecule has 0 bridgehead atoms. The number of aliphatic hydroxyl groups excluding tert-OH is 1. The van der Waals surface area contributed by atoms with Gasteiger partial charge in [0.1, 0.15) is 6.10 Å². The Kier molecular flexibility index (Phi) is 4.92. The third kappa shape index (κ3) is 4.41. The minimum absolute atomic E-state index is 0.0568. The van der Waals surface area contributed by atoms with Crippen LogP contribution in [0.5, 0.6) is 0 Å². The quantitative estimate of drug-likeness (QED) is 0.680. The normalized spacial score (nSPS) is 12.7. The third-order valence-corrected chi connectivity index (χ3v) is 2.02. The van der Waals surface area contributed by atoms with Gasteiger partial charge in [-0.05, 0) is 12.1 Å². The fourth-order valence-corrected chi connectivity index (χ4v) is 1.09. The molecule has 1 rings (SSSR count). The van der Waals surface area contributed by atoms with E-state index in [-0.39, 0.29) is 18.7 Å². The van der Waals surface area contributed by atoms with Gasteiger partial charge in [-0.15, -0.1) is 0 Å². The first-order valence-electron chi connectivity index (χ1n) is 4.86. The van der Waals surface area contributed by atoms with E-state index >= 15 is 0 Å². The summed E-state index contributed by atoms with van der Waals surface area (Å²) in [4.78, 5) is 14.3. The van der Waals surface area contributed by atoms with Crippen molar-refractivity contribution in [2.24, 2.45) is 0 Å². The predicted molar refractivity (Wildman–Crippen MR) is 54.9 cm³/mol. The smallest absolute Gasteiger partial charge is 0.337 e. The van der Waals surface area contributed by atoms with Gasteiger partial charge in [-0.25, -0.2) is 13.6 Å². The fourth-order valence-electron chi connectivity index (χ4n) is 1.09. The summed E-state index contributed by atoms with van der Waals surface area (Å²) < 4.78 is 23.8. The maximum atomic E-state index is 11.9. The topological polar surface area (TPSA) is 82.5 Å². The lowest BCUT2D eigenvalue weighted by atomic mass is 10.2. The molecular formula is C10H12F2N2O3. The van der Waals surface area contributed by atoms with E-state index in [4.69, 9.17) is 10.2 Å². The van der Waals surface area contributed by atoms with Crippen molar-refractivity contribution in [3.05, 3.63) is 29.6 Å². The van der Waals surface area contributed by atoms with Crippen LogP contribution in [-0.2, 0) is 6.54 Å². The number of aromatic nitrogens is 1. The van der Waals surface area contributed by atoms with Crippen LogP contribution in [0.2, 0.25) is 0 Å². The van der Waals surface area contributed by atoms with Gasteiger partial charge in [-0.2, -0.15) is 0 Å². The van der Waals surface area contributed by atoms with Crippen LogP contribution in [0.4, 0.5) is 8.78 Å². The zero-order chi connectivity index (χ0) is 12.8. The largest absolute Gasteiger partial charge is 0.478 e. The lowest BCUT2D eigenvalue weighted by molar-refractivity contribution is -0.00344. The molecule has 0 radical (unpaired) electrons. The summed E-state index contributed by atoms with van der Waals surface area (Å²) in [5, 5.41) is 20.0. The molecule has 0 aromatic carbocycles. The molecule has 1 aromatic heterocycles. The van der Waals surface area contributed by atoms with Crippen LogP contribution < -0.4 is 5.32 Å². The van der Waals surface area contributed by atoms with Crippen LogP contribution in [0, 0.1) is 0 Å². The van der Waals surface area contributed by atoms with Crippen molar-refractivity contribution in [2.75, 3.05) is 6.54 Å². The van der Waals surface area contributed by atoms with E-state index in [0.29, 0.717) is 5.69 Å². The summed E-state index contributed by atoms with van der Waals surface area (Å²) in [5.74, 6) is -1.08. The van der Waals surface area contributed by atoms with Crippen molar-refractivity contribution in [2.45, 2.75) is 19.1 Å². The van der Waals surface area contributed by atoms with E-state index in [0.717, 1.165) is 0 Å². The Bertz CT molecular complexity index is 370. The number of hydrogen-bond donors (Lipinski definition) is 3. The van der Waals surface area contributed by atoms with Crippen molar-refractivity contribution < 1.29 is 23.8 Å². The van der Waals surface area contributed by atoms with Gasteiger partial charge in [-0.3, -0.25) is 4.98 Å². The molecule has 0 saturated heterocycles. The first-order valence-corrected chi connectivity index (χ1v) is 4.86. The maximum absolute atomic E-state index is 11.9. The summed E-state index contributed by atoms with van der Waals surface area (Å²) in [6, 6.07) is 2.85. The van der Waals surface area contributed by atoms with E-state index in [9.17, 15) is 13.6 Å². The Labute approximate surface area is 96.1 Å². The lowest BCUT2D eigenvalue weighted by Crippen LogP contribution is -2.31. The molecule has 0 aliphatic carbocycles. The third-order valence-electron chi connectivity index (χ3n) is 2.02.